The maximum absolute atomic E-state index is 11.7. The van der Waals surface area contributed by atoms with Crippen molar-refractivity contribution in [3.63, 3.8) is 0 Å². The Hall–Kier alpha value is -4.10. The fourth-order valence-electron chi connectivity index (χ4n) is 5.06. The van der Waals surface area contributed by atoms with Crippen LogP contribution >= 0.6 is 23.5 Å². The number of carbonyl (C=O) groups is 1. The van der Waals surface area contributed by atoms with E-state index < -0.39 is 0 Å². The van der Waals surface area contributed by atoms with Crippen LogP contribution in [-0.4, -0.2) is 96.2 Å². The molecule has 1 saturated heterocycles. The van der Waals surface area contributed by atoms with E-state index in [4.69, 9.17) is 14.7 Å². The maximum Gasteiger partial charge on any atom is 0.204 e. The lowest BCUT2D eigenvalue weighted by atomic mass is 10.1. The Morgan fingerprint density at radius 3 is 2.30 bits per heavy atom. The smallest absolute Gasteiger partial charge is 0.204 e. The molecular weight excluding hydrogens is 665 g/mol. The van der Waals surface area contributed by atoms with Crippen molar-refractivity contribution >= 4 is 46.8 Å². The van der Waals surface area contributed by atoms with Crippen molar-refractivity contribution in [1.29, 1.82) is 0 Å². The number of nitrogens with one attached hydrogen (secondary N) is 2. The van der Waals surface area contributed by atoms with Crippen LogP contribution in [0, 0.1) is 6.92 Å². The number of hydrogen-bond donors (Lipinski definition) is 2. The molecule has 0 amide bonds. The van der Waals surface area contributed by atoms with Gasteiger partial charge < -0.3 is 19.9 Å². The fraction of sp³-hybridized carbons (Fsp3) is 0.368. The van der Waals surface area contributed by atoms with Gasteiger partial charge in [0.25, 0.3) is 0 Å². The van der Waals surface area contributed by atoms with E-state index in [9.17, 15) is 4.79 Å². The lowest BCUT2D eigenvalue weighted by Gasteiger charge is -2.36. The summed E-state index contributed by atoms with van der Waals surface area (Å²) in [5, 5.41) is 11.3. The van der Waals surface area contributed by atoms with E-state index in [1.807, 2.05) is 69.3 Å². The van der Waals surface area contributed by atoms with Gasteiger partial charge in [0, 0.05) is 72.1 Å². The Morgan fingerprint density at radius 2 is 1.70 bits per heavy atom. The largest absolute Gasteiger partial charge is 0.490 e. The molecule has 3 heterocycles. The van der Waals surface area contributed by atoms with E-state index >= 15 is 0 Å². The quantitative estimate of drug-likeness (QED) is 0.0581. The van der Waals surface area contributed by atoms with Crippen molar-refractivity contribution in [2.75, 3.05) is 70.7 Å². The van der Waals surface area contributed by atoms with Crippen molar-refractivity contribution in [2.24, 2.45) is 0 Å². The van der Waals surface area contributed by atoms with E-state index in [0.29, 0.717) is 22.5 Å². The van der Waals surface area contributed by atoms with E-state index in [1.165, 1.54) is 11.8 Å². The summed E-state index contributed by atoms with van der Waals surface area (Å²) >= 11 is 3.26. The number of benzene rings is 2. The number of likely N-dealkylation sites (N-methyl/N-ethyl adjacent to an activating group) is 1. The third-order valence-electron chi connectivity index (χ3n) is 7.79. The second kappa shape index (κ2) is 19.9. The highest BCUT2D eigenvalue weighted by Gasteiger charge is 2.25. The molecule has 2 N–H and O–H groups in total. The average Bonchev–Trinajstić information content (AvgIpc) is 3.54. The van der Waals surface area contributed by atoms with Crippen molar-refractivity contribution < 1.29 is 9.53 Å². The Bertz CT molecular complexity index is 1700. The number of aryl methyl sites for hydroxylation is 1. The summed E-state index contributed by atoms with van der Waals surface area (Å²) in [7, 11) is 5.88. The second-order valence-electron chi connectivity index (χ2n) is 12.1. The average molecular weight is 715 g/mol. The number of methoxy groups -OCH3 is 1. The van der Waals surface area contributed by atoms with Crippen LogP contribution in [0.5, 0.6) is 5.75 Å². The monoisotopic (exact) mass is 714 g/mol. The van der Waals surface area contributed by atoms with Crippen LogP contribution in [0.2, 0.25) is 0 Å². The SMILES string of the molecule is C/C=C\C=C/C.COc1c(Nc2cc(C)[nH]n2)nc(Sc2ccc(SCc3cccc(C(C)=O)c3)cc2)nc1N1CCN(CCN(C)C)CC1. The zero-order chi connectivity index (χ0) is 35.9. The van der Waals surface area contributed by atoms with Gasteiger partial charge in [-0.3, -0.25) is 14.8 Å². The van der Waals surface area contributed by atoms with Gasteiger partial charge in [0.15, 0.2) is 28.4 Å². The van der Waals surface area contributed by atoms with E-state index in [2.05, 4.69) is 74.6 Å². The number of hydrogen-bond acceptors (Lipinski definition) is 11. The standard InChI is InChI=1S/C32H40N8O2S2.C6H10/c1-22-19-28(37-36-22)33-30-29(42-5)31(40-17-15-39(16-18-40)14-13-38(3)4)35-32(34-30)44-27-11-9-26(10-12-27)43-21-24-7-6-8-25(20-24)23(2)41;1-3-5-6-4-2/h6-12,19-20H,13-18,21H2,1-5H3,(H2,33,34,35,36,37);3-6H,1-2H3/b;5-3-,6-4-. The Kier molecular flexibility index (Phi) is 15.4. The molecule has 0 saturated carbocycles. The minimum atomic E-state index is 0.0854. The summed E-state index contributed by atoms with van der Waals surface area (Å²) in [6.45, 7) is 13.3. The summed E-state index contributed by atoms with van der Waals surface area (Å²) in [4.78, 5) is 30.8. The molecular formula is C38H50N8O2S2. The van der Waals surface area contributed by atoms with Crippen LogP contribution in [0.25, 0.3) is 0 Å². The Balaban J connectivity index is 0.000000860. The predicted octanol–water partition coefficient (Wildman–Crippen LogP) is 7.73. The zero-order valence-electron chi connectivity index (χ0n) is 30.3. The second-order valence-corrected chi connectivity index (χ2v) is 14.2. The Labute approximate surface area is 305 Å². The minimum absolute atomic E-state index is 0.0854. The first-order valence-corrected chi connectivity index (χ1v) is 18.6. The molecule has 0 atom stereocenters. The van der Waals surface area contributed by atoms with Crippen LogP contribution in [0.4, 0.5) is 17.5 Å². The molecule has 50 heavy (non-hydrogen) atoms. The van der Waals surface area contributed by atoms with Gasteiger partial charge in [-0.05, 0) is 89.4 Å². The number of rotatable bonds is 14. The molecule has 12 heteroatoms. The van der Waals surface area contributed by atoms with Gasteiger partial charge in [-0.1, -0.05) is 42.5 Å². The van der Waals surface area contributed by atoms with Crippen LogP contribution < -0.4 is 15.0 Å². The summed E-state index contributed by atoms with van der Waals surface area (Å²) in [5.41, 5.74) is 2.83. The summed E-state index contributed by atoms with van der Waals surface area (Å²) in [6.07, 6.45) is 8.00. The number of Topliss-reactive ketones (excluding diaryl/α,β-unsaturated/α-hetero) is 1. The van der Waals surface area contributed by atoms with E-state index in [0.717, 1.165) is 77.5 Å². The summed E-state index contributed by atoms with van der Waals surface area (Å²) in [5.74, 6) is 3.53. The highest BCUT2D eigenvalue weighted by atomic mass is 32.2. The number of aromatic nitrogens is 4. The maximum atomic E-state index is 11.7. The minimum Gasteiger partial charge on any atom is -0.490 e. The van der Waals surface area contributed by atoms with Crippen LogP contribution in [0.1, 0.15) is 42.4 Å². The lowest BCUT2D eigenvalue weighted by molar-refractivity contribution is 0.101. The molecule has 266 valence electrons. The topological polar surface area (TPSA) is 103 Å². The highest BCUT2D eigenvalue weighted by molar-refractivity contribution is 7.99. The molecule has 5 rings (SSSR count). The van der Waals surface area contributed by atoms with Crippen LogP contribution in [0.15, 0.2) is 93.8 Å². The number of thioether (sulfide) groups is 1. The molecule has 1 aliphatic heterocycles. The van der Waals surface area contributed by atoms with Crippen LogP contribution in [-0.2, 0) is 5.75 Å². The first-order valence-electron chi connectivity index (χ1n) is 16.8. The molecule has 4 aromatic rings. The molecule has 1 fully saturated rings. The fourth-order valence-corrected chi connectivity index (χ4v) is 6.65. The number of anilines is 3. The van der Waals surface area contributed by atoms with Gasteiger partial charge in [-0.25, -0.2) is 9.97 Å². The van der Waals surface area contributed by atoms with Gasteiger partial charge in [-0.15, -0.1) is 11.8 Å². The predicted molar refractivity (Wildman–Crippen MR) is 209 cm³/mol. The number of aromatic amines is 1. The van der Waals surface area contributed by atoms with Crippen molar-refractivity contribution in [3.05, 3.63) is 95.7 Å². The molecule has 10 nitrogen and oxygen atoms in total. The third kappa shape index (κ3) is 12.0. The number of allylic oxidation sites excluding steroid dienone is 4. The first kappa shape index (κ1) is 38.7. The number of piperazine rings is 1. The van der Waals surface area contributed by atoms with Crippen LogP contribution in [0.3, 0.4) is 0 Å². The number of nitrogens with zero attached hydrogens (tertiary/aromatic N) is 6. The summed E-state index contributed by atoms with van der Waals surface area (Å²) in [6, 6.07) is 18.2. The normalized spacial score (nSPS) is 13.6. The molecule has 0 unspecified atom stereocenters. The molecule has 1 aliphatic rings. The van der Waals surface area contributed by atoms with E-state index in [1.54, 1.807) is 25.8 Å². The molecule has 2 aromatic heterocycles. The molecule has 0 radical (unpaired) electrons. The van der Waals surface area contributed by atoms with E-state index in [-0.39, 0.29) is 5.78 Å². The number of ether oxygens (including phenoxy) is 1. The number of carbonyl (C=O) groups excluding carboxylic acids is 1. The van der Waals surface area contributed by atoms with Gasteiger partial charge in [0.05, 0.1) is 7.11 Å². The van der Waals surface area contributed by atoms with Gasteiger partial charge in [-0.2, -0.15) is 5.10 Å². The molecule has 0 bridgehead atoms. The molecule has 0 spiro atoms. The lowest BCUT2D eigenvalue weighted by Crippen LogP contribution is -2.48. The first-order chi connectivity index (χ1) is 24.2. The number of ketones is 1. The third-order valence-corrected chi connectivity index (χ3v) is 9.74. The zero-order valence-corrected chi connectivity index (χ0v) is 31.9. The number of H-pyrrole nitrogens is 1. The van der Waals surface area contributed by atoms with Crippen molar-refractivity contribution in [2.45, 2.75) is 48.4 Å². The highest BCUT2D eigenvalue weighted by Crippen LogP contribution is 2.38. The molecule has 2 aromatic carbocycles. The van der Waals surface area contributed by atoms with Gasteiger partial charge >= 0.3 is 0 Å². The van der Waals surface area contributed by atoms with Gasteiger partial charge in [0.1, 0.15) is 0 Å². The van der Waals surface area contributed by atoms with Gasteiger partial charge in [0.2, 0.25) is 5.75 Å². The molecule has 0 aliphatic carbocycles. The Morgan fingerprint density at radius 1 is 1.00 bits per heavy atom. The van der Waals surface area contributed by atoms with Crippen molar-refractivity contribution in [1.82, 2.24) is 30.0 Å². The summed E-state index contributed by atoms with van der Waals surface area (Å²) < 4.78 is 5.90. The van der Waals surface area contributed by atoms with Crippen molar-refractivity contribution in [3.8, 4) is 5.75 Å².